The number of aliphatic hydroxyl groups is 1. The van der Waals surface area contributed by atoms with Crippen LogP contribution in [0.15, 0.2) is 18.2 Å². The van der Waals surface area contributed by atoms with Crippen molar-refractivity contribution in [3.05, 3.63) is 28.2 Å². The van der Waals surface area contributed by atoms with E-state index in [1.807, 2.05) is 12.1 Å². The number of aliphatic hydroxyl groups excluding tert-OH is 1. The zero-order valence-corrected chi connectivity index (χ0v) is 19.9. The number of benzene rings is 1. The van der Waals surface area contributed by atoms with E-state index in [-0.39, 0.29) is 38.3 Å². The molecule has 4 N–H and O–H groups in total. The van der Waals surface area contributed by atoms with E-state index in [2.05, 4.69) is 20.9 Å². The summed E-state index contributed by atoms with van der Waals surface area (Å²) in [6.07, 6.45) is -0.110. The van der Waals surface area contributed by atoms with Crippen molar-refractivity contribution in [1.29, 1.82) is 0 Å². The maximum atomic E-state index is 12.9. The fourth-order valence-corrected chi connectivity index (χ4v) is 4.28. The quantitative estimate of drug-likeness (QED) is 0.319. The second kappa shape index (κ2) is 12.6. The highest BCUT2D eigenvalue weighted by molar-refractivity contribution is 6.35. The number of nitrogens with one attached hydrogen (secondary N) is 3. The van der Waals surface area contributed by atoms with Crippen molar-refractivity contribution < 1.29 is 24.3 Å². The summed E-state index contributed by atoms with van der Waals surface area (Å²) < 4.78 is 0. The van der Waals surface area contributed by atoms with Gasteiger partial charge in [-0.1, -0.05) is 23.2 Å². The van der Waals surface area contributed by atoms with Crippen LogP contribution < -0.4 is 20.9 Å². The SMILES string of the molecule is CNC(=O)C(CCC(=O)N1CCN(c2cc(Cl)cc(Cl)c2)CC1)(CC(=O)NCCO)NC=O. The third kappa shape index (κ3) is 7.48. The number of hydrogen-bond acceptors (Lipinski definition) is 6. The molecule has 0 radical (unpaired) electrons. The molecule has 182 valence electrons. The van der Waals surface area contributed by atoms with Crippen LogP contribution in [0.25, 0.3) is 0 Å². The molecule has 1 fully saturated rings. The predicted molar refractivity (Wildman–Crippen MR) is 125 cm³/mol. The second-order valence-corrected chi connectivity index (χ2v) is 8.54. The molecule has 1 aromatic carbocycles. The smallest absolute Gasteiger partial charge is 0.246 e. The maximum absolute atomic E-state index is 12.9. The molecule has 1 aliphatic rings. The van der Waals surface area contributed by atoms with Crippen LogP contribution in [0.3, 0.4) is 0 Å². The Hall–Kier alpha value is -2.56. The van der Waals surface area contributed by atoms with Crippen molar-refractivity contribution in [2.24, 2.45) is 0 Å². The first-order valence-electron chi connectivity index (χ1n) is 10.5. The minimum atomic E-state index is -1.58. The summed E-state index contributed by atoms with van der Waals surface area (Å²) in [7, 11) is 1.39. The fraction of sp³-hybridized carbons (Fsp3) is 0.524. The third-order valence-corrected chi connectivity index (χ3v) is 5.94. The first kappa shape index (κ1) is 26.7. The molecule has 2 rings (SSSR count). The number of likely N-dealkylation sites (N-methyl/N-ethyl adjacent to an activating group) is 1. The van der Waals surface area contributed by atoms with Gasteiger partial charge >= 0.3 is 0 Å². The van der Waals surface area contributed by atoms with Gasteiger partial charge in [0, 0.05) is 61.9 Å². The normalized spacial score (nSPS) is 15.4. The van der Waals surface area contributed by atoms with Gasteiger partial charge in [-0.25, -0.2) is 0 Å². The van der Waals surface area contributed by atoms with Crippen molar-refractivity contribution in [1.82, 2.24) is 20.9 Å². The first-order valence-corrected chi connectivity index (χ1v) is 11.3. The Morgan fingerprint density at radius 1 is 1.12 bits per heavy atom. The Labute approximate surface area is 202 Å². The summed E-state index contributed by atoms with van der Waals surface area (Å²) in [6.45, 7) is 1.86. The van der Waals surface area contributed by atoms with Gasteiger partial charge in [-0.3, -0.25) is 19.2 Å². The second-order valence-electron chi connectivity index (χ2n) is 7.67. The number of piperazine rings is 1. The molecule has 0 spiro atoms. The van der Waals surface area contributed by atoms with Gasteiger partial charge < -0.3 is 30.9 Å². The number of nitrogens with zero attached hydrogens (tertiary/aromatic N) is 2. The lowest BCUT2D eigenvalue weighted by Crippen LogP contribution is -2.58. The van der Waals surface area contributed by atoms with E-state index in [0.717, 1.165) is 5.69 Å². The summed E-state index contributed by atoms with van der Waals surface area (Å²) in [5, 5.41) is 17.3. The summed E-state index contributed by atoms with van der Waals surface area (Å²) in [6, 6.07) is 5.29. The molecule has 4 amide bonds. The average Bonchev–Trinajstić information content (AvgIpc) is 2.80. The Kier molecular flexibility index (Phi) is 10.2. The number of amides is 4. The lowest BCUT2D eigenvalue weighted by Gasteiger charge is -2.37. The summed E-state index contributed by atoms with van der Waals surface area (Å²) in [5.74, 6) is -1.29. The van der Waals surface area contributed by atoms with Gasteiger partial charge in [0.05, 0.1) is 13.0 Å². The van der Waals surface area contributed by atoms with Crippen LogP contribution >= 0.6 is 23.2 Å². The summed E-state index contributed by atoms with van der Waals surface area (Å²) >= 11 is 12.2. The molecule has 0 aromatic heterocycles. The minimum absolute atomic E-state index is 0.0186. The highest BCUT2D eigenvalue weighted by atomic mass is 35.5. The molecular weight excluding hydrogens is 473 g/mol. The van der Waals surface area contributed by atoms with E-state index >= 15 is 0 Å². The van der Waals surface area contributed by atoms with E-state index < -0.39 is 17.4 Å². The van der Waals surface area contributed by atoms with Crippen molar-refractivity contribution in [2.75, 3.05) is 51.3 Å². The van der Waals surface area contributed by atoms with E-state index in [1.54, 1.807) is 11.0 Å². The van der Waals surface area contributed by atoms with Crippen molar-refractivity contribution in [3.8, 4) is 0 Å². The summed E-state index contributed by atoms with van der Waals surface area (Å²) in [4.78, 5) is 52.6. The number of hydrogen-bond donors (Lipinski definition) is 4. The van der Waals surface area contributed by atoms with Crippen molar-refractivity contribution in [3.63, 3.8) is 0 Å². The zero-order valence-electron chi connectivity index (χ0n) is 18.4. The standard InChI is InChI=1S/C21H29Cl2N5O5/c1-24-20(33)21(26-14-30,13-18(31)25-4-9-29)3-2-19(32)28-7-5-27(6-8-28)17-11-15(22)10-16(23)12-17/h10-12,14,29H,2-9,13H2,1H3,(H,24,33)(H,25,31)(H,26,30). The molecular formula is C21H29Cl2N5O5. The Morgan fingerprint density at radius 3 is 2.30 bits per heavy atom. The molecule has 1 unspecified atom stereocenters. The molecule has 0 aliphatic carbocycles. The van der Waals surface area contributed by atoms with Gasteiger partial charge in [-0.2, -0.15) is 0 Å². The maximum Gasteiger partial charge on any atom is 0.246 e. The van der Waals surface area contributed by atoms with Gasteiger partial charge in [-0.15, -0.1) is 0 Å². The number of carbonyl (C=O) groups excluding carboxylic acids is 4. The van der Waals surface area contributed by atoms with Crippen molar-refractivity contribution >= 4 is 53.0 Å². The molecule has 0 bridgehead atoms. The van der Waals surface area contributed by atoms with Gasteiger partial charge in [0.15, 0.2) is 0 Å². The molecule has 1 saturated heterocycles. The Morgan fingerprint density at radius 2 is 1.76 bits per heavy atom. The lowest BCUT2D eigenvalue weighted by atomic mass is 9.87. The summed E-state index contributed by atoms with van der Waals surface area (Å²) in [5.41, 5.74) is -0.701. The molecule has 33 heavy (non-hydrogen) atoms. The minimum Gasteiger partial charge on any atom is -0.395 e. The topological polar surface area (TPSA) is 131 Å². The van der Waals surface area contributed by atoms with Crippen LogP contribution in [0.1, 0.15) is 19.3 Å². The van der Waals surface area contributed by atoms with Crippen LogP contribution in [0.2, 0.25) is 10.0 Å². The van der Waals surface area contributed by atoms with Crippen LogP contribution in [0, 0.1) is 0 Å². The first-order chi connectivity index (χ1) is 15.7. The Bertz CT molecular complexity index is 843. The van der Waals surface area contributed by atoms with E-state index in [4.69, 9.17) is 28.3 Å². The van der Waals surface area contributed by atoms with Gasteiger partial charge in [0.1, 0.15) is 5.54 Å². The van der Waals surface area contributed by atoms with Crippen LogP contribution in [0.5, 0.6) is 0 Å². The highest BCUT2D eigenvalue weighted by Gasteiger charge is 2.40. The van der Waals surface area contributed by atoms with Gasteiger partial charge in [-0.05, 0) is 24.6 Å². The molecule has 1 heterocycles. The van der Waals surface area contributed by atoms with E-state index in [0.29, 0.717) is 42.6 Å². The molecule has 10 nitrogen and oxygen atoms in total. The van der Waals surface area contributed by atoms with Crippen molar-refractivity contribution in [2.45, 2.75) is 24.8 Å². The lowest BCUT2D eigenvalue weighted by molar-refractivity contribution is -0.137. The number of anilines is 1. The van der Waals surface area contributed by atoms with Gasteiger partial charge in [0.2, 0.25) is 24.1 Å². The largest absolute Gasteiger partial charge is 0.395 e. The predicted octanol–water partition coefficient (Wildman–Crippen LogP) is 0.152. The third-order valence-electron chi connectivity index (χ3n) is 5.50. The molecule has 1 aliphatic heterocycles. The average molecular weight is 502 g/mol. The molecule has 1 aromatic rings. The van der Waals surface area contributed by atoms with E-state index in [9.17, 15) is 19.2 Å². The molecule has 0 saturated carbocycles. The molecule has 12 heteroatoms. The highest BCUT2D eigenvalue weighted by Crippen LogP contribution is 2.26. The van der Waals surface area contributed by atoms with Crippen LogP contribution in [-0.2, 0) is 19.2 Å². The zero-order chi connectivity index (χ0) is 24.4. The monoisotopic (exact) mass is 501 g/mol. The number of halogens is 2. The van der Waals surface area contributed by atoms with E-state index in [1.165, 1.54) is 7.05 Å². The fourth-order valence-electron chi connectivity index (χ4n) is 3.77. The van der Waals surface area contributed by atoms with Crippen LogP contribution in [-0.4, -0.2) is 86.1 Å². The van der Waals surface area contributed by atoms with Crippen LogP contribution in [0.4, 0.5) is 5.69 Å². The number of carbonyl (C=O) groups is 4. The number of rotatable bonds is 11. The Balaban J connectivity index is 2.00. The van der Waals surface area contributed by atoms with Gasteiger partial charge in [0.25, 0.3) is 0 Å². The molecule has 1 atom stereocenters.